The summed E-state index contributed by atoms with van der Waals surface area (Å²) in [5, 5.41) is 10.1. The number of benzene rings is 2. The molecule has 0 radical (unpaired) electrons. The standard InChI is InChI=1S/C31H36N4O3S/c1-30(2,3)39(37)34-28-26-14-8-7-10-23(26)20-31(28)15-17-35(18-16-31)29-27(22-36)33-24(21-32-29)11-9-19-38-25-12-5-4-6-13-25/h4-8,10,12-14,21,28,34,36H,15-20,22H2,1-3H3/t28-,39?/m1/s1. The van der Waals surface area contributed by atoms with Crippen molar-refractivity contribution in [1.29, 1.82) is 0 Å². The Morgan fingerprint density at radius 1 is 1.13 bits per heavy atom. The number of ether oxygens (including phenoxy) is 1. The van der Waals surface area contributed by atoms with Crippen LogP contribution in [-0.2, 0) is 24.0 Å². The van der Waals surface area contributed by atoms with Gasteiger partial charge in [0.2, 0.25) is 0 Å². The third-order valence-corrected chi connectivity index (χ3v) is 9.17. The van der Waals surface area contributed by atoms with E-state index in [2.05, 4.69) is 55.7 Å². The van der Waals surface area contributed by atoms with Gasteiger partial charge in [0, 0.05) is 13.1 Å². The summed E-state index contributed by atoms with van der Waals surface area (Å²) in [6.45, 7) is 7.62. The molecule has 1 aliphatic heterocycles. The van der Waals surface area contributed by atoms with Gasteiger partial charge in [-0.05, 0) is 74.6 Å². The van der Waals surface area contributed by atoms with Crippen LogP contribution < -0.4 is 14.4 Å². The minimum Gasteiger partial charge on any atom is -0.481 e. The van der Waals surface area contributed by atoms with Gasteiger partial charge in [0.1, 0.15) is 23.7 Å². The van der Waals surface area contributed by atoms with Crippen LogP contribution in [0.25, 0.3) is 0 Å². The number of aliphatic hydroxyl groups excluding tert-OH is 1. The van der Waals surface area contributed by atoms with Gasteiger partial charge in [0.05, 0.1) is 34.6 Å². The number of nitrogens with zero attached hydrogens (tertiary/aromatic N) is 3. The fourth-order valence-electron chi connectivity index (χ4n) is 5.50. The number of nitrogens with one attached hydrogen (secondary N) is 1. The van der Waals surface area contributed by atoms with Crippen molar-refractivity contribution >= 4 is 16.8 Å². The van der Waals surface area contributed by atoms with E-state index in [4.69, 9.17) is 4.74 Å². The monoisotopic (exact) mass is 544 g/mol. The Morgan fingerprint density at radius 2 is 1.85 bits per heavy atom. The Morgan fingerprint density at radius 3 is 2.56 bits per heavy atom. The Labute approximate surface area is 233 Å². The second kappa shape index (κ2) is 11.5. The minimum atomic E-state index is -1.17. The van der Waals surface area contributed by atoms with E-state index in [-0.39, 0.29) is 29.4 Å². The SMILES string of the molecule is CC(C)(C)S(=O)N[C@@H]1c2ccccc2CC12CCN(c1ncc(C#CCOc3ccccc3)nc1CO)CC2. The van der Waals surface area contributed by atoms with Crippen LogP contribution in [0, 0.1) is 17.3 Å². The number of piperidine rings is 1. The molecular weight excluding hydrogens is 508 g/mol. The molecule has 2 atom stereocenters. The predicted octanol–water partition coefficient (Wildman–Crippen LogP) is 4.34. The zero-order chi connectivity index (χ0) is 27.5. The zero-order valence-corrected chi connectivity index (χ0v) is 23.6. The summed E-state index contributed by atoms with van der Waals surface area (Å²) < 4.78 is 21.9. The molecule has 2 aliphatic rings. The van der Waals surface area contributed by atoms with Crippen LogP contribution in [0.5, 0.6) is 5.75 Å². The molecule has 2 N–H and O–H groups in total. The Kier molecular flexibility index (Phi) is 8.03. The lowest BCUT2D eigenvalue weighted by atomic mass is 9.73. The topological polar surface area (TPSA) is 87.6 Å². The van der Waals surface area contributed by atoms with Crippen LogP contribution in [0.2, 0.25) is 0 Å². The number of aliphatic hydroxyl groups is 1. The zero-order valence-electron chi connectivity index (χ0n) is 22.8. The van der Waals surface area contributed by atoms with Crippen LogP contribution >= 0.6 is 0 Å². The molecule has 1 unspecified atom stereocenters. The Hall–Kier alpha value is -3.25. The van der Waals surface area contributed by atoms with Crippen molar-refractivity contribution in [3.05, 3.63) is 83.3 Å². The van der Waals surface area contributed by atoms with E-state index in [1.807, 2.05) is 51.1 Å². The molecule has 1 aromatic heterocycles. The first kappa shape index (κ1) is 27.3. The molecule has 1 saturated heterocycles. The van der Waals surface area contributed by atoms with E-state index >= 15 is 0 Å². The fraction of sp³-hybridized carbons (Fsp3) is 0.419. The summed E-state index contributed by atoms with van der Waals surface area (Å²) in [5.74, 6) is 7.43. The van der Waals surface area contributed by atoms with Crippen molar-refractivity contribution in [2.45, 2.75) is 57.4 Å². The van der Waals surface area contributed by atoms with Crippen molar-refractivity contribution in [3.8, 4) is 17.6 Å². The van der Waals surface area contributed by atoms with Crippen LogP contribution in [0.15, 0.2) is 60.8 Å². The van der Waals surface area contributed by atoms with E-state index < -0.39 is 11.0 Å². The average Bonchev–Trinajstić information content (AvgIpc) is 3.23. The van der Waals surface area contributed by atoms with Gasteiger partial charge in [-0.25, -0.2) is 18.9 Å². The van der Waals surface area contributed by atoms with Gasteiger partial charge in [-0.2, -0.15) is 0 Å². The molecule has 3 aromatic rings. The van der Waals surface area contributed by atoms with Gasteiger partial charge in [0.25, 0.3) is 0 Å². The smallest absolute Gasteiger partial charge is 0.152 e. The van der Waals surface area contributed by atoms with Crippen LogP contribution in [0.3, 0.4) is 0 Å². The molecule has 2 heterocycles. The van der Waals surface area contributed by atoms with E-state index in [1.54, 1.807) is 6.20 Å². The highest BCUT2D eigenvalue weighted by Crippen LogP contribution is 2.52. The second-order valence-electron chi connectivity index (χ2n) is 11.2. The molecule has 7 nitrogen and oxygen atoms in total. The third kappa shape index (κ3) is 6.01. The van der Waals surface area contributed by atoms with Crippen LogP contribution in [-0.4, -0.2) is 43.7 Å². The summed E-state index contributed by atoms with van der Waals surface area (Å²) >= 11 is 0. The van der Waals surface area contributed by atoms with Gasteiger partial charge in [-0.3, -0.25) is 0 Å². The first-order valence-corrected chi connectivity index (χ1v) is 14.6. The van der Waals surface area contributed by atoms with E-state index in [1.165, 1.54) is 11.1 Å². The van der Waals surface area contributed by atoms with Crippen molar-refractivity contribution < 1.29 is 14.1 Å². The molecule has 0 amide bonds. The molecule has 1 fully saturated rings. The Bertz CT molecular complexity index is 1390. The minimum absolute atomic E-state index is 0.0158. The molecular formula is C31H36N4O3S. The number of rotatable bonds is 6. The van der Waals surface area contributed by atoms with Gasteiger partial charge >= 0.3 is 0 Å². The van der Waals surface area contributed by atoms with Crippen molar-refractivity contribution in [2.24, 2.45) is 5.41 Å². The summed E-state index contributed by atoms with van der Waals surface area (Å²) in [6.07, 6.45) is 4.47. The molecule has 1 aliphatic carbocycles. The van der Waals surface area contributed by atoms with E-state index in [9.17, 15) is 9.32 Å². The first-order valence-electron chi connectivity index (χ1n) is 13.4. The lowest BCUT2D eigenvalue weighted by Crippen LogP contribution is -2.48. The normalized spacial score (nSPS) is 18.8. The van der Waals surface area contributed by atoms with Crippen LogP contribution in [0.4, 0.5) is 5.82 Å². The van der Waals surface area contributed by atoms with Gasteiger partial charge in [0.15, 0.2) is 5.82 Å². The highest BCUT2D eigenvalue weighted by molar-refractivity contribution is 7.84. The molecule has 39 heavy (non-hydrogen) atoms. The molecule has 1 spiro atoms. The van der Waals surface area contributed by atoms with E-state index in [0.29, 0.717) is 17.2 Å². The predicted molar refractivity (Wildman–Crippen MR) is 155 cm³/mol. The highest BCUT2D eigenvalue weighted by Gasteiger charge is 2.49. The van der Waals surface area contributed by atoms with Crippen LogP contribution in [0.1, 0.15) is 62.2 Å². The molecule has 8 heteroatoms. The van der Waals surface area contributed by atoms with E-state index in [0.717, 1.165) is 38.1 Å². The number of fused-ring (bicyclic) bond motifs is 1. The quantitative estimate of drug-likeness (QED) is 0.449. The van der Waals surface area contributed by atoms with Gasteiger partial charge in [-0.15, -0.1) is 0 Å². The number of para-hydroxylation sites is 1. The maximum absolute atomic E-state index is 13.1. The first-order chi connectivity index (χ1) is 18.8. The van der Waals surface area contributed by atoms with Crippen molar-refractivity contribution in [3.63, 3.8) is 0 Å². The fourth-order valence-corrected chi connectivity index (χ4v) is 6.45. The Balaban J connectivity index is 1.28. The maximum atomic E-state index is 13.1. The molecule has 204 valence electrons. The largest absolute Gasteiger partial charge is 0.481 e. The summed E-state index contributed by atoms with van der Waals surface area (Å²) in [4.78, 5) is 11.4. The van der Waals surface area contributed by atoms with Crippen molar-refractivity contribution in [2.75, 3.05) is 24.6 Å². The highest BCUT2D eigenvalue weighted by atomic mass is 32.2. The summed E-state index contributed by atoms with van der Waals surface area (Å²) in [5.41, 5.74) is 3.62. The third-order valence-electron chi connectivity index (χ3n) is 7.60. The molecule has 2 aromatic carbocycles. The lowest BCUT2D eigenvalue weighted by Gasteiger charge is -2.44. The lowest BCUT2D eigenvalue weighted by molar-refractivity contribution is 0.177. The molecule has 0 bridgehead atoms. The average molecular weight is 545 g/mol. The summed E-state index contributed by atoms with van der Waals surface area (Å²) in [7, 11) is -1.17. The number of hydrogen-bond donors (Lipinski definition) is 2. The second-order valence-corrected chi connectivity index (χ2v) is 13.2. The molecule has 0 saturated carbocycles. The number of aromatic nitrogens is 2. The van der Waals surface area contributed by atoms with Gasteiger partial charge < -0.3 is 14.7 Å². The van der Waals surface area contributed by atoms with Crippen molar-refractivity contribution in [1.82, 2.24) is 14.7 Å². The molecule has 5 rings (SSSR count). The number of hydrogen-bond acceptors (Lipinski definition) is 6. The summed E-state index contributed by atoms with van der Waals surface area (Å²) in [6, 6.07) is 18.1. The maximum Gasteiger partial charge on any atom is 0.152 e. The number of anilines is 1. The van der Waals surface area contributed by atoms with Gasteiger partial charge in [-0.1, -0.05) is 48.4 Å².